The van der Waals surface area contributed by atoms with Crippen LogP contribution in [-0.4, -0.2) is 38.0 Å². The lowest BCUT2D eigenvalue weighted by Crippen LogP contribution is -2.25. The summed E-state index contributed by atoms with van der Waals surface area (Å²) in [4.78, 5) is 12.0. The van der Waals surface area contributed by atoms with E-state index in [2.05, 4.69) is 37.8 Å². The van der Waals surface area contributed by atoms with Gasteiger partial charge in [0.1, 0.15) is 6.61 Å². The molecule has 4 heteroatoms. The fraction of sp³-hybridized carbons (Fsp3) is 0.710. The van der Waals surface area contributed by atoms with Crippen molar-refractivity contribution in [2.75, 3.05) is 26.9 Å². The molecule has 0 spiro atoms. The van der Waals surface area contributed by atoms with Gasteiger partial charge in [-0.3, -0.25) is 0 Å². The Labute approximate surface area is 213 Å². The molecular weight excluding hydrogens is 436 g/mol. The van der Waals surface area contributed by atoms with Gasteiger partial charge in [0.05, 0.1) is 18.8 Å². The van der Waals surface area contributed by atoms with E-state index in [0.29, 0.717) is 5.92 Å². The van der Waals surface area contributed by atoms with Crippen molar-refractivity contribution in [1.82, 2.24) is 0 Å². The summed E-state index contributed by atoms with van der Waals surface area (Å²) >= 11 is 0. The zero-order chi connectivity index (χ0) is 25.0. The van der Waals surface area contributed by atoms with Crippen LogP contribution in [0.1, 0.15) is 107 Å². The molecule has 1 atom stereocenters. The number of aliphatic hydroxyl groups excluding tert-OH is 1. The third-order valence-electron chi connectivity index (χ3n) is 8.67. The van der Waals surface area contributed by atoms with Crippen LogP contribution >= 0.6 is 0 Å². The number of esters is 1. The average Bonchev–Trinajstić information content (AvgIpc) is 2.90. The molecule has 0 aliphatic heterocycles. The van der Waals surface area contributed by atoms with Crippen LogP contribution in [0.5, 0.6) is 0 Å². The van der Waals surface area contributed by atoms with E-state index >= 15 is 0 Å². The van der Waals surface area contributed by atoms with Gasteiger partial charge in [-0.25, -0.2) is 4.79 Å². The summed E-state index contributed by atoms with van der Waals surface area (Å²) in [5.74, 6) is 2.86. The highest BCUT2D eigenvalue weighted by Crippen LogP contribution is 2.44. The van der Waals surface area contributed by atoms with Gasteiger partial charge in [-0.15, -0.1) is 0 Å². The van der Waals surface area contributed by atoms with Crippen molar-refractivity contribution in [1.29, 1.82) is 0 Å². The minimum absolute atomic E-state index is 0.0602. The molecule has 0 saturated heterocycles. The SMILES string of the molecule is C=C(COC)C(=O)OCC(CO)c1ccc(C2CCC(C3CCC(CCCCC)CC3)CC2)cc1. The molecule has 2 aliphatic rings. The van der Waals surface area contributed by atoms with Crippen molar-refractivity contribution in [2.45, 2.75) is 95.8 Å². The molecule has 3 rings (SSSR count). The Balaban J connectivity index is 1.42. The van der Waals surface area contributed by atoms with E-state index in [-0.39, 0.29) is 31.3 Å². The Kier molecular flexibility index (Phi) is 11.8. The first-order chi connectivity index (χ1) is 17.0. The molecule has 2 saturated carbocycles. The molecule has 0 radical (unpaired) electrons. The first-order valence-electron chi connectivity index (χ1n) is 14.1. The maximum atomic E-state index is 12.0. The Morgan fingerprint density at radius 3 is 2.20 bits per heavy atom. The minimum atomic E-state index is -0.469. The summed E-state index contributed by atoms with van der Waals surface area (Å²) in [6.45, 7) is 6.21. The molecule has 1 N–H and O–H groups in total. The van der Waals surface area contributed by atoms with Crippen LogP contribution in [0.15, 0.2) is 36.4 Å². The van der Waals surface area contributed by atoms with Crippen LogP contribution in [0.25, 0.3) is 0 Å². The molecule has 0 amide bonds. The van der Waals surface area contributed by atoms with Gasteiger partial charge in [-0.1, -0.05) is 76.3 Å². The van der Waals surface area contributed by atoms with Crippen LogP contribution in [0.4, 0.5) is 0 Å². The van der Waals surface area contributed by atoms with Gasteiger partial charge >= 0.3 is 5.97 Å². The number of carbonyl (C=O) groups excluding carboxylic acids is 1. The van der Waals surface area contributed by atoms with Crippen LogP contribution in [0, 0.1) is 17.8 Å². The van der Waals surface area contributed by atoms with E-state index in [4.69, 9.17) is 9.47 Å². The second-order valence-corrected chi connectivity index (χ2v) is 11.1. The lowest BCUT2D eigenvalue weighted by molar-refractivity contribution is -0.140. The van der Waals surface area contributed by atoms with Crippen molar-refractivity contribution in [3.8, 4) is 0 Å². The van der Waals surface area contributed by atoms with Gasteiger partial charge in [0, 0.05) is 13.0 Å². The van der Waals surface area contributed by atoms with E-state index in [1.807, 2.05) is 0 Å². The van der Waals surface area contributed by atoms with Gasteiger partial charge in [-0.2, -0.15) is 0 Å². The number of aliphatic hydroxyl groups is 1. The zero-order valence-corrected chi connectivity index (χ0v) is 22.2. The van der Waals surface area contributed by atoms with Crippen molar-refractivity contribution in [3.63, 3.8) is 0 Å². The molecule has 35 heavy (non-hydrogen) atoms. The van der Waals surface area contributed by atoms with Crippen molar-refractivity contribution < 1.29 is 19.4 Å². The topological polar surface area (TPSA) is 55.8 Å². The van der Waals surface area contributed by atoms with E-state index < -0.39 is 5.97 Å². The highest BCUT2D eigenvalue weighted by Gasteiger charge is 2.31. The van der Waals surface area contributed by atoms with Crippen molar-refractivity contribution in [3.05, 3.63) is 47.5 Å². The smallest absolute Gasteiger partial charge is 0.335 e. The number of unbranched alkanes of at least 4 members (excludes halogenated alkanes) is 2. The Bertz CT molecular complexity index is 755. The average molecular weight is 485 g/mol. The first-order valence-corrected chi connectivity index (χ1v) is 14.1. The molecule has 2 aliphatic carbocycles. The second kappa shape index (κ2) is 14.8. The standard InChI is InChI=1S/C31H48O4/c1-4-5-6-7-24-8-10-25(11-9-24)26-12-14-27(15-13-26)28-16-18-29(19-17-28)30(20-32)22-35-31(33)23(2)21-34-3/h16-19,24-27,30,32H,2,4-15,20-22H2,1,3H3. The van der Waals surface area contributed by atoms with E-state index in [0.717, 1.165) is 23.3 Å². The number of hydrogen-bond donors (Lipinski definition) is 1. The van der Waals surface area contributed by atoms with E-state index in [1.165, 1.54) is 89.7 Å². The van der Waals surface area contributed by atoms with Gasteiger partial charge in [0.25, 0.3) is 0 Å². The van der Waals surface area contributed by atoms with Crippen molar-refractivity contribution >= 4 is 5.97 Å². The molecule has 196 valence electrons. The monoisotopic (exact) mass is 484 g/mol. The van der Waals surface area contributed by atoms with Gasteiger partial charge in [0.2, 0.25) is 0 Å². The second-order valence-electron chi connectivity index (χ2n) is 11.1. The van der Waals surface area contributed by atoms with E-state index in [9.17, 15) is 9.90 Å². The molecule has 4 nitrogen and oxygen atoms in total. The van der Waals surface area contributed by atoms with Crippen LogP contribution in [0.3, 0.4) is 0 Å². The largest absolute Gasteiger partial charge is 0.462 e. The number of ether oxygens (including phenoxy) is 2. The third kappa shape index (κ3) is 8.46. The molecule has 0 bridgehead atoms. The Morgan fingerprint density at radius 2 is 1.63 bits per heavy atom. The van der Waals surface area contributed by atoms with Crippen LogP contribution in [0.2, 0.25) is 0 Å². The first kappa shape index (κ1) is 27.9. The normalized spacial score (nSPS) is 25.7. The summed E-state index contributed by atoms with van der Waals surface area (Å²) in [6, 6.07) is 8.63. The minimum Gasteiger partial charge on any atom is -0.462 e. The maximum absolute atomic E-state index is 12.0. The van der Waals surface area contributed by atoms with Gasteiger partial charge in [-0.05, 0) is 73.3 Å². The van der Waals surface area contributed by atoms with Crippen LogP contribution in [-0.2, 0) is 14.3 Å². The van der Waals surface area contributed by atoms with Gasteiger partial charge < -0.3 is 14.6 Å². The predicted octanol–water partition coefficient (Wildman–Crippen LogP) is 7.17. The Hall–Kier alpha value is -1.65. The van der Waals surface area contributed by atoms with Gasteiger partial charge in [0.15, 0.2) is 0 Å². The number of hydrogen-bond acceptors (Lipinski definition) is 4. The fourth-order valence-electron chi connectivity index (χ4n) is 6.36. The van der Waals surface area contributed by atoms with E-state index in [1.54, 1.807) is 0 Å². The van der Waals surface area contributed by atoms with Crippen molar-refractivity contribution in [2.24, 2.45) is 17.8 Å². The summed E-state index contributed by atoms with van der Waals surface area (Å²) in [6.07, 6.45) is 16.8. The molecule has 0 aromatic heterocycles. The highest BCUT2D eigenvalue weighted by atomic mass is 16.5. The molecule has 1 aromatic carbocycles. The number of rotatable bonds is 13. The summed E-state index contributed by atoms with van der Waals surface area (Å²) in [5.41, 5.74) is 2.70. The summed E-state index contributed by atoms with van der Waals surface area (Å²) in [5, 5.41) is 9.84. The highest BCUT2D eigenvalue weighted by molar-refractivity contribution is 5.88. The quantitative estimate of drug-likeness (QED) is 0.183. The molecule has 2 fully saturated rings. The lowest BCUT2D eigenvalue weighted by atomic mass is 9.68. The summed E-state index contributed by atoms with van der Waals surface area (Å²) < 4.78 is 10.3. The lowest BCUT2D eigenvalue weighted by Gasteiger charge is -2.38. The number of benzene rings is 1. The number of carbonyl (C=O) groups is 1. The number of methoxy groups -OCH3 is 1. The third-order valence-corrected chi connectivity index (χ3v) is 8.67. The maximum Gasteiger partial charge on any atom is 0.335 e. The fourth-order valence-corrected chi connectivity index (χ4v) is 6.36. The Morgan fingerprint density at radius 1 is 1.00 bits per heavy atom. The molecule has 1 unspecified atom stereocenters. The molecule has 0 heterocycles. The molecular formula is C31H48O4. The van der Waals surface area contributed by atoms with Crippen LogP contribution < -0.4 is 0 Å². The zero-order valence-electron chi connectivity index (χ0n) is 22.2. The predicted molar refractivity (Wildman–Crippen MR) is 143 cm³/mol. The molecule has 1 aromatic rings. The summed E-state index contributed by atoms with van der Waals surface area (Å²) in [7, 11) is 1.52.